The number of fused-ring (bicyclic) bond motifs is 1. The Bertz CT molecular complexity index is 779. The van der Waals surface area contributed by atoms with Gasteiger partial charge >= 0.3 is 0 Å². The maximum absolute atomic E-state index is 5.47. The third kappa shape index (κ3) is 1.81. The molecule has 0 fully saturated rings. The number of rotatable bonds is 2. The predicted octanol–water partition coefficient (Wildman–Crippen LogP) is 3.35. The Morgan fingerprint density at radius 3 is 2.63 bits per heavy atom. The molecule has 0 saturated heterocycles. The van der Waals surface area contributed by atoms with Gasteiger partial charge in [-0.15, -0.1) is 0 Å². The van der Waals surface area contributed by atoms with Gasteiger partial charge in [0, 0.05) is 7.05 Å². The number of aromatic nitrogens is 4. The van der Waals surface area contributed by atoms with Gasteiger partial charge in [-0.1, -0.05) is 30.3 Å². The summed E-state index contributed by atoms with van der Waals surface area (Å²) in [4.78, 5) is 3.26. The van der Waals surface area contributed by atoms with Crippen LogP contribution in [0.15, 0.2) is 30.3 Å². The molecule has 3 aromatic rings. The minimum atomic E-state index is 0.178. The van der Waals surface area contributed by atoms with Crippen molar-refractivity contribution in [2.75, 3.05) is 0 Å². The van der Waals surface area contributed by atoms with Crippen molar-refractivity contribution in [3.63, 3.8) is 0 Å². The van der Waals surface area contributed by atoms with E-state index in [0.717, 1.165) is 21.6 Å². The first-order valence-corrected chi connectivity index (χ1v) is 6.69. The van der Waals surface area contributed by atoms with Crippen LogP contribution >= 0.6 is 12.2 Å². The molecule has 0 amide bonds. The van der Waals surface area contributed by atoms with Crippen LogP contribution in [0.5, 0.6) is 0 Å². The number of aromatic amines is 1. The van der Waals surface area contributed by atoms with Gasteiger partial charge in [0.05, 0.1) is 11.7 Å². The SMILES string of the molecule is Cc1nn(C)c2c1[nH]c(=S)n2C(C)c1ccccc1. The third-order valence-electron chi connectivity index (χ3n) is 3.54. The molecule has 0 saturated carbocycles. The first-order valence-electron chi connectivity index (χ1n) is 6.28. The highest BCUT2D eigenvalue weighted by Crippen LogP contribution is 2.25. The molecule has 0 radical (unpaired) electrons. The molecule has 1 N–H and O–H groups in total. The number of hydrogen-bond acceptors (Lipinski definition) is 2. The van der Waals surface area contributed by atoms with Crippen LogP contribution in [0.3, 0.4) is 0 Å². The molecule has 2 aromatic heterocycles. The van der Waals surface area contributed by atoms with E-state index in [4.69, 9.17) is 12.2 Å². The normalized spacial score (nSPS) is 13.0. The smallest absolute Gasteiger partial charge is 0.179 e. The van der Waals surface area contributed by atoms with Crippen LogP contribution in [0, 0.1) is 11.7 Å². The van der Waals surface area contributed by atoms with Crippen LogP contribution in [0.4, 0.5) is 0 Å². The zero-order valence-electron chi connectivity index (χ0n) is 11.2. The molecule has 0 aliphatic carbocycles. The van der Waals surface area contributed by atoms with E-state index in [-0.39, 0.29) is 6.04 Å². The van der Waals surface area contributed by atoms with E-state index in [1.807, 2.05) is 36.9 Å². The lowest BCUT2D eigenvalue weighted by Crippen LogP contribution is -2.09. The van der Waals surface area contributed by atoms with E-state index in [9.17, 15) is 0 Å². The molecule has 1 atom stereocenters. The summed E-state index contributed by atoms with van der Waals surface area (Å²) in [6.07, 6.45) is 0. The average Bonchev–Trinajstić information content (AvgIpc) is 2.88. The van der Waals surface area contributed by atoms with Crippen molar-refractivity contribution in [2.24, 2.45) is 7.05 Å². The van der Waals surface area contributed by atoms with Crippen LogP contribution in [0.1, 0.15) is 24.2 Å². The third-order valence-corrected chi connectivity index (χ3v) is 3.84. The highest BCUT2D eigenvalue weighted by Gasteiger charge is 2.17. The van der Waals surface area contributed by atoms with Crippen molar-refractivity contribution in [2.45, 2.75) is 19.9 Å². The second kappa shape index (κ2) is 4.35. The Morgan fingerprint density at radius 1 is 1.26 bits per heavy atom. The summed E-state index contributed by atoms with van der Waals surface area (Å²) in [6, 6.07) is 10.5. The Balaban J connectivity index is 2.25. The van der Waals surface area contributed by atoms with Crippen molar-refractivity contribution in [3.8, 4) is 0 Å². The summed E-state index contributed by atoms with van der Waals surface area (Å²) in [5.41, 5.74) is 4.27. The first-order chi connectivity index (χ1) is 9.09. The summed E-state index contributed by atoms with van der Waals surface area (Å²) in [7, 11) is 1.95. The number of hydrogen-bond donors (Lipinski definition) is 1. The monoisotopic (exact) mass is 272 g/mol. The summed E-state index contributed by atoms with van der Waals surface area (Å²) in [6.45, 7) is 4.14. The highest BCUT2D eigenvalue weighted by atomic mass is 32.1. The van der Waals surface area contributed by atoms with Crippen molar-refractivity contribution in [1.29, 1.82) is 0 Å². The molecular weight excluding hydrogens is 256 g/mol. The summed E-state index contributed by atoms with van der Waals surface area (Å²) in [5, 5.41) is 4.45. The average molecular weight is 272 g/mol. The molecular formula is C14H16N4S. The Hall–Kier alpha value is -1.88. The van der Waals surface area contributed by atoms with Crippen molar-refractivity contribution >= 4 is 23.4 Å². The summed E-state index contributed by atoms with van der Waals surface area (Å²) >= 11 is 5.47. The molecule has 1 unspecified atom stereocenters. The lowest BCUT2D eigenvalue weighted by molar-refractivity contribution is 0.620. The van der Waals surface area contributed by atoms with Crippen LogP contribution in [-0.4, -0.2) is 19.3 Å². The van der Waals surface area contributed by atoms with E-state index in [1.165, 1.54) is 5.56 Å². The first kappa shape index (κ1) is 12.2. The van der Waals surface area contributed by atoms with Gasteiger partial charge in [-0.05, 0) is 31.6 Å². The molecule has 2 heterocycles. The molecule has 0 aliphatic rings. The van der Waals surface area contributed by atoms with Gasteiger partial charge < -0.3 is 4.98 Å². The fraction of sp³-hybridized carbons (Fsp3) is 0.286. The van der Waals surface area contributed by atoms with Gasteiger partial charge in [0.15, 0.2) is 10.4 Å². The standard InChI is InChI=1S/C14H16N4S/c1-9-12-13(17(3)16-9)18(14(19)15-12)10(2)11-7-5-4-6-8-11/h4-8,10H,1-3H3,(H,15,19). The number of imidazole rings is 1. The Morgan fingerprint density at radius 2 is 1.95 bits per heavy atom. The van der Waals surface area contributed by atoms with E-state index < -0.39 is 0 Å². The van der Waals surface area contributed by atoms with Gasteiger partial charge in [-0.2, -0.15) is 5.10 Å². The van der Waals surface area contributed by atoms with Gasteiger partial charge in [-0.25, -0.2) is 0 Å². The number of benzene rings is 1. The minimum Gasteiger partial charge on any atom is -0.328 e. The molecule has 0 spiro atoms. The molecule has 1 aromatic carbocycles. The Labute approximate surface area is 116 Å². The lowest BCUT2D eigenvalue weighted by Gasteiger charge is -2.15. The summed E-state index contributed by atoms with van der Waals surface area (Å²) < 4.78 is 4.75. The van der Waals surface area contributed by atoms with Crippen LogP contribution < -0.4 is 0 Å². The van der Waals surface area contributed by atoms with E-state index in [0.29, 0.717) is 0 Å². The second-order valence-electron chi connectivity index (χ2n) is 4.79. The van der Waals surface area contributed by atoms with Gasteiger partial charge in [0.25, 0.3) is 0 Å². The van der Waals surface area contributed by atoms with Crippen LogP contribution in [0.25, 0.3) is 11.2 Å². The zero-order chi connectivity index (χ0) is 13.6. The summed E-state index contributed by atoms with van der Waals surface area (Å²) in [5.74, 6) is 0. The largest absolute Gasteiger partial charge is 0.328 e. The van der Waals surface area contributed by atoms with Crippen molar-refractivity contribution < 1.29 is 0 Å². The number of H-pyrrole nitrogens is 1. The highest BCUT2D eigenvalue weighted by molar-refractivity contribution is 7.71. The second-order valence-corrected chi connectivity index (χ2v) is 5.18. The topological polar surface area (TPSA) is 38.5 Å². The van der Waals surface area contributed by atoms with Crippen molar-refractivity contribution in [3.05, 3.63) is 46.4 Å². The number of nitrogens with one attached hydrogen (secondary N) is 1. The van der Waals surface area contributed by atoms with E-state index in [2.05, 4.69) is 33.7 Å². The molecule has 98 valence electrons. The lowest BCUT2D eigenvalue weighted by atomic mass is 10.1. The molecule has 3 rings (SSSR count). The zero-order valence-corrected chi connectivity index (χ0v) is 12.0. The van der Waals surface area contributed by atoms with Gasteiger partial charge in [0.1, 0.15) is 5.52 Å². The molecule has 4 nitrogen and oxygen atoms in total. The van der Waals surface area contributed by atoms with Gasteiger partial charge in [-0.3, -0.25) is 9.25 Å². The quantitative estimate of drug-likeness (QED) is 0.727. The van der Waals surface area contributed by atoms with E-state index >= 15 is 0 Å². The van der Waals surface area contributed by atoms with E-state index in [1.54, 1.807) is 0 Å². The van der Waals surface area contributed by atoms with Gasteiger partial charge in [0.2, 0.25) is 0 Å². The fourth-order valence-electron chi connectivity index (χ4n) is 2.57. The number of nitrogens with zero attached hydrogens (tertiary/aromatic N) is 3. The predicted molar refractivity (Wildman–Crippen MR) is 78.9 cm³/mol. The number of aryl methyl sites for hydroxylation is 2. The Kier molecular flexibility index (Phi) is 2.78. The molecule has 5 heteroatoms. The maximum atomic E-state index is 5.47. The van der Waals surface area contributed by atoms with Crippen molar-refractivity contribution in [1.82, 2.24) is 19.3 Å². The molecule has 19 heavy (non-hydrogen) atoms. The molecule has 0 bridgehead atoms. The molecule has 0 aliphatic heterocycles. The van der Waals surface area contributed by atoms with Crippen LogP contribution in [0.2, 0.25) is 0 Å². The van der Waals surface area contributed by atoms with Crippen LogP contribution in [-0.2, 0) is 7.05 Å². The minimum absolute atomic E-state index is 0.178. The maximum Gasteiger partial charge on any atom is 0.179 e. The fourth-order valence-corrected chi connectivity index (χ4v) is 2.92.